The summed E-state index contributed by atoms with van der Waals surface area (Å²) in [5.41, 5.74) is 3.62. The highest BCUT2D eigenvalue weighted by Gasteiger charge is 2.51. The first-order chi connectivity index (χ1) is 18.8. The highest BCUT2D eigenvalue weighted by atomic mass is 16.5. The lowest BCUT2D eigenvalue weighted by molar-refractivity contribution is -0.164. The Hall–Kier alpha value is -2.74. The van der Waals surface area contributed by atoms with Crippen LogP contribution in [0.2, 0.25) is 0 Å². The third-order valence-corrected chi connectivity index (χ3v) is 10.1. The van der Waals surface area contributed by atoms with Crippen LogP contribution in [-0.4, -0.2) is 75.3 Å². The van der Waals surface area contributed by atoms with E-state index in [1.54, 1.807) is 0 Å². The fourth-order valence-electron chi connectivity index (χ4n) is 8.14. The molecule has 6 atom stereocenters. The molecule has 1 amide bonds. The van der Waals surface area contributed by atoms with Crippen molar-refractivity contribution in [2.75, 3.05) is 32.8 Å². The van der Waals surface area contributed by atoms with Gasteiger partial charge in [0.05, 0.1) is 36.2 Å². The van der Waals surface area contributed by atoms with Crippen molar-refractivity contribution in [1.29, 1.82) is 0 Å². The van der Waals surface area contributed by atoms with E-state index < -0.39 is 11.0 Å². The lowest BCUT2D eigenvalue weighted by Gasteiger charge is -2.46. The van der Waals surface area contributed by atoms with Crippen molar-refractivity contribution in [3.05, 3.63) is 65.5 Å². The zero-order valence-electron chi connectivity index (χ0n) is 23.3. The van der Waals surface area contributed by atoms with E-state index in [4.69, 9.17) is 9.72 Å². The molecule has 7 heteroatoms. The third-order valence-electron chi connectivity index (χ3n) is 10.1. The standard InChI is InChI=1S/C32H40N4O3/c1-21-33-27-9-4-5-10-28(27)36(21)25-16-24-17-26-22-7-6-8-23(15-22)32(11-12-35(24)29(26)18-25)19-34(13-14-39-32)30(38)31(2,3)20-37/h4-10,15,24-26,29,37H,11-14,16-20H2,1-3H3/t24-,25-,26?,29+,32?/m0/s1. The normalized spacial score (nSPS) is 32.2. The first-order valence-electron chi connectivity index (χ1n) is 14.6. The van der Waals surface area contributed by atoms with Crippen LogP contribution in [0.3, 0.4) is 0 Å². The zero-order chi connectivity index (χ0) is 26.9. The summed E-state index contributed by atoms with van der Waals surface area (Å²) in [6, 6.07) is 19.1. The number of imidazole rings is 1. The van der Waals surface area contributed by atoms with Gasteiger partial charge < -0.3 is 19.3 Å². The molecule has 1 aromatic heterocycles. The maximum Gasteiger partial charge on any atom is 0.230 e. The molecular formula is C32H40N4O3. The molecule has 0 aliphatic carbocycles. The topological polar surface area (TPSA) is 70.8 Å². The minimum atomic E-state index is -0.789. The number of hydrogen-bond donors (Lipinski definition) is 1. The molecule has 6 bridgehead atoms. The van der Waals surface area contributed by atoms with Crippen molar-refractivity contribution in [2.24, 2.45) is 5.41 Å². The number of carbonyl (C=O) groups excluding carboxylic acids is 1. The second-order valence-electron chi connectivity index (χ2n) is 12.9. The summed E-state index contributed by atoms with van der Waals surface area (Å²) in [6.07, 6.45) is 4.31. The van der Waals surface area contributed by atoms with Gasteiger partial charge in [0, 0.05) is 37.1 Å². The van der Waals surface area contributed by atoms with Gasteiger partial charge in [-0.05, 0) is 69.7 Å². The van der Waals surface area contributed by atoms with E-state index in [9.17, 15) is 9.90 Å². The molecule has 1 N–H and O–H groups in total. The van der Waals surface area contributed by atoms with Gasteiger partial charge in [-0.1, -0.05) is 36.4 Å². The molecule has 3 saturated heterocycles. The lowest BCUT2D eigenvalue weighted by Crippen LogP contribution is -2.56. The molecule has 3 aromatic rings. The van der Waals surface area contributed by atoms with Crippen molar-refractivity contribution in [3.8, 4) is 0 Å². The molecule has 4 aliphatic rings. The second kappa shape index (κ2) is 9.15. The number of nitrogens with zero attached hydrogens (tertiary/aromatic N) is 4. The summed E-state index contributed by atoms with van der Waals surface area (Å²) in [7, 11) is 0. The number of rotatable bonds is 3. The monoisotopic (exact) mass is 528 g/mol. The number of benzene rings is 2. The number of ether oxygens (including phenoxy) is 1. The van der Waals surface area contributed by atoms with Crippen LogP contribution in [0.5, 0.6) is 0 Å². The van der Waals surface area contributed by atoms with Crippen LogP contribution in [0.4, 0.5) is 0 Å². The summed E-state index contributed by atoms with van der Waals surface area (Å²) in [5, 5.41) is 9.87. The molecule has 3 fully saturated rings. The SMILES string of the molecule is Cc1nc2ccccc2n1[C@H]1C[C@H]2CC3c4cccc(c4)C4(CCN2[C@@H]3C1)CN(C(=O)C(C)(C)CO)CCO4. The third kappa shape index (κ3) is 3.96. The van der Waals surface area contributed by atoms with Gasteiger partial charge in [-0.3, -0.25) is 9.69 Å². The van der Waals surface area contributed by atoms with Crippen LogP contribution >= 0.6 is 0 Å². The fourth-order valence-corrected chi connectivity index (χ4v) is 8.14. The van der Waals surface area contributed by atoms with Crippen molar-refractivity contribution >= 4 is 16.9 Å². The maximum atomic E-state index is 13.4. The molecular weight excluding hydrogens is 488 g/mol. The Kier molecular flexibility index (Phi) is 5.92. The number of aliphatic hydroxyl groups excluding tert-OH is 1. The minimum absolute atomic E-state index is 0.00756. The van der Waals surface area contributed by atoms with E-state index in [0.717, 1.165) is 37.1 Å². The maximum absolute atomic E-state index is 13.4. The molecule has 4 aliphatic heterocycles. The van der Waals surface area contributed by atoms with Crippen molar-refractivity contribution in [3.63, 3.8) is 0 Å². The van der Waals surface area contributed by atoms with Crippen LogP contribution in [0, 0.1) is 12.3 Å². The Labute approximate surface area is 230 Å². The first-order valence-corrected chi connectivity index (χ1v) is 14.6. The van der Waals surface area contributed by atoms with Crippen LogP contribution in [0.15, 0.2) is 48.5 Å². The quantitative estimate of drug-likeness (QED) is 0.546. The minimum Gasteiger partial charge on any atom is -0.395 e. The molecule has 3 unspecified atom stereocenters. The summed E-state index contributed by atoms with van der Waals surface area (Å²) >= 11 is 0. The van der Waals surface area contributed by atoms with Crippen molar-refractivity contribution in [1.82, 2.24) is 19.4 Å². The van der Waals surface area contributed by atoms with Gasteiger partial charge in [0.25, 0.3) is 0 Å². The highest BCUT2D eigenvalue weighted by molar-refractivity contribution is 5.82. The number of amides is 1. The van der Waals surface area contributed by atoms with Crippen molar-refractivity contribution < 1.29 is 14.6 Å². The molecule has 0 radical (unpaired) electrons. The van der Waals surface area contributed by atoms with Gasteiger partial charge in [-0.2, -0.15) is 0 Å². The number of morpholine rings is 1. The van der Waals surface area contributed by atoms with E-state index in [1.807, 2.05) is 18.7 Å². The Bertz CT molecular complexity index is 1420. The van der Waals surface area contributed by atoms with Gasteiger partial charge in [-0.15, -0.1) is 0 Å². The zero-order valence-corrected chi connectivity index (χ0v) is 23.3. The Morgan fingerprint density at radius 3 is 2.79 bits per heavy atom. The smallest absolute Gasteiger partial charge is 0.230 e. The molecule has 5 heterocycles. The number of piperidine rings is 1. The van der Waals surface area contributed by atoms with Gasteiger partial charge in [0.2, 0.25) is 5.91 Å². The summed E-state index contributed by atoms with van der Waals surface area (Å²) in [4.78, 5) is 23.0. The summed E-state index contributed by atoms with van der Waals surface area (Å²) in [6.45, 7) is 8.24. The van der Waals surface area contributed by atoms with Gasteiger partial charge >= 0.3 is 0 Å². The molecule has 206 valence electrons. The molecule has 2 aromatic carbocycles. The van der Waals surface area contributed by atoms with Gasteiger partial charge in [0.15, 0.2) is 0 Å². The van der Waals surface area contributed by atoms with Crippen molar-refractivity contribution in [2.45, 2.75) is 76.1 Å². The fraction of sp³-hybridized carbons (Fsp3) is 0.562. The molecule has 1 spiro atoms. The number of aliphatic hydroxyl groups is 1. The predicted molar refractivity (Wildman–Crippen MR) is 151 cm³/mol. The van der Waals surface area contributed by atoms with E-state index in [0.29, 0.717) is 43.7 Å². The number of fused-ring (bicyclic) bond motifs is 5. The predicted octanol–water partition coefficient (Wildman–Crippen LogP) is 4.38. The number of hydrogen-bond acceptors (Lipinski definition) is 5. The Morgan fingerprint density at radius 2 is 1.95 bits per heavy atom. The largest absolute Gasteiger partial charge is 0.395 e. The number of aromatic nitrogens is 2. The molecule has 7 nitrogen and oxygen atoms in total. The summed E-state index contributed by atoms with van der Waals surface area (Å²) in [5.74, 6) is 1.62. The number of aryl methyl sites for hydroxylation is 1. The molecule has 7 rings (SSSR count). The summed E-state index contributed by atoms with van der Waals surface area (Å²) < 4.78 is 9.14. The van der Waals surface area contributed by atoms with Gasteiger partial charge in [-0.25, -0.2) is 4.98 Å². The number of carbonyl (C=O) groups is 1. The average Bonchev–Trinajstić information content (AvgIpc) is 3.40. The van der Waals surface area contributed by atoms with E-state index in [1.165, 1.54) is 23.1 Å². The highest BCUT2D eigenvalue weighted by Crippen LogP contribution is 2.51. The lowest BCUT2D eigenvalue weighted by atomic mass is 9.83. The molecule has 39 heavy (non-hydrogen) atoms. The Balaban J connectivity index is 1.21. The van der Waals surface area contributed by atoms with Gasteiger partial charge in [0.1, 0.15) is 11.4 Å². The first kappa shape index (κ1) is 25.2. The van der Waals surface area contributed by atoms with Crippen LogP contribution in [0.25, 0.3) is 11.0 Å². The number of para-hydroxylation sites is 2. The van der Waals surface area contributed by atoms with E-state index in [2.05, 4.69) is 64.9 Å². The second-order valence-corrected chi connectivity index (χ2v) is 12.9. The Morgan fingerprint density at radius 1 is 1.10 bits per heavy atom. The van der Waals surface area contributed by atoms with E-state index >= 15 is 0 Å². The average molecular weight is 529 g/mol. The molecule has 0 saturated carbocycles. The van der Waals surface area contributed by atoms with E-state index in [-0.39, 0.29) is 12.5 Å². The van der Waals surface area contributed by atoms with Crippen LogP contribution < -0.4 is 0 Å². The van der Waals surface area contributed by atoms with Crippen LogP contribution in [-0.2, 0) is 15.1 Å². The van der Waals surface area contributed by atoms with Crippen LogP contribution in [0.1, 0.15) is 68.4 Å².